The molecule has 2 N–H and O–H groups in total. The number of aromatic nitrogens is 3. The van der Waals surface area contributed by atoms with Gasteiger partial charge in [-0.15, -0.1) is 5.10 Å². The highest BCUT2D eigenvalue weighted by Crippen LogP contribution is 2.73. The molecule has 354 valence electrons. The zero-order valence-electron chi connectivity index (χ0n) is 39.7. The minimum atomic E-state index is -1.59. The van der Waals surface area contributed by atoms with E-state index in [4.69, 9.17) is 48.0 Å². The summed E-state index contributed by atoms with van der Waals surface area (Å²) in [6.45, 7) is 19.5. The van der Waals surface area contributed by atoms with Gasteiger partial charge in [-0.1, -0.05) is 29.4 Å². The van der Waals surface area contributed by atoms with Crippen molar-refractivity contribution in [1.82, 2.24) is 14.8 Å². The molecule has 7 heterocycles. The van der Waals surface area contributed by atoms with Crippen LogP contribution in [0.2, 0.25) is 0 Å². The SMILES string of the molecule is COC(=O)C(C)=CCC12OC(C)(C)C3CC(C1=O)C1C4C(=Nc5ncn1n5)c1c(O[C@@H]5O[C@@H]6COC(C)(C)O[C@H]6[C@H](O)[C@H]5O)c5c(c(CC=C(C)C)c1OC432)OC(C)(CCC=C(C)C)C=C5. The van der Waals surface area contributed by atoms with Gasteiger partial charge in [-0.05, 0) is 107 Å². The first-order valence-corrected chi connectivity index (χ1v) is 23.2. The van der Waals surface area contributed by atoms with Crippen LogP contribution in [0.15, 0.2) is 52.3 Å². The van der Waals surface area contributed by atoms with E-state index in [0.29, 0.717) is 58.7 Å². The average Bonchev–Trinajstić information content (AvgIpc) is 3.70. The number of aliphatic imine (C=N–C) groups is 1. The van der Waals surface area contributed by atoms with Crippen molar-refractivity contribution in [3.05, 3.63) is 64.0 Å². The zero-order chi connectivity index (χ0) is 47.0. The van der Waals surface area contributed by atoms with E-state index in [1.165, 1.54) is 12.7 Å². The smallest absolute Gasteiger partial charge is 0.333 e. The lowest BCUT2D eigenvalue weighted by atomic mass is 9.44. The van der Waals surface area contributed by atoms with Crippen LogP contribution in [0.25, 0.3) is 6.08 Å². The lowest BCUT2D eigenvalue weighted by molar-refractivity contribution is -0.373. The largest absolute Gasteiger partial charge is 0.482 e. The van der Waals surface area contributed by atoms with Crippen LogP contribution in [-0.4, -0.2) is 115 Å². The third kappa shape index (κ3) is 6.63. The number of fused-ring (bicyclic) bond motifs is 6. The van der Waals surface area contributed by atoms with Crippen LogP contribution in [0.1, 0.15) is 118 Å². The first kappa shape index (κ1) is 45.1. The van der Waals surface area contributed by atoms with Gasteiger partial charge in [-0.3, -0.25) is 4.79 Å². The van der Waals surface area contributed by atoms with Crippen molar-refractivity contribution in [2.24, 2.45) is 22.7 Å². The second-order valence-corrected chi connectivity index (χ2v) is 21.0. The third-order valence-electron chi connectivity index (χ3n) is 15.1. The molecule has 9 aliphatic rings. The normalized spacial score (nSPS) is 36.9. The number of hydrogen-bond acceptors (Lipinski definition) is 15. The molecule has 6 bridgehead atoms. The number of Topliss-reactive ketones (excluding diaryl/α,β-unsaturated/α-hetero) is 1. The Labute approximate surface area is 385 Å². The Kier molecular flexibility index (Phi) is 10.5. The molecule has 0 amide bonds. The highest BCUT2D eigenvalue weighted by molar-refractivity contribution is 6.14. The summed E-state index contributed by atoms with van der Waals surface area (Å²) in [7, 11) is 1.33. The Morgan fingerprint density at radius 1 is 1.00 bits per heavy atom. The van der Waals surface area contributed by atoms with Gasteiger partial charge in [0.2, 0.25) is 6.29 Å². The molecule has 2 aromatic rings. The number of carbonyl (C=O) groups is 2. The van der Waals surface area contributed by atoms with Gasteiger partial charge in [0, 0.05) is 29.4 Å². The fraction of sp³-hybridized carbons (Fsp3) is 0.620. The molecule has 1 spiro atoms. The van der Waals surface area contributed by atoms with E-state index < -0.39 is 82.7 Å². The van der Waals surface area contributed by atoms with Crippen LogP contribution >= 0.6 is 0 Å². The van der Waals surface area contributed by atoms with Crippen LogP contribution in [0.3, 0.4) is 0 Å². The van der Waals surface area contributed by atoms with Crippen molar-refractivity contribution in [1.29, 1.82) is 0 Å². The molecule has 3 saturated heterocycles. The summed E-state index contributed by atoms with van der Waals surface area (Å²) in [5, 5.41) is 28.4. The lowest BCUT2D eigenvalue weighted by Gasteiger charge is -2.63. The highest BCUT2D eigenvalue weighted by Gasteiger charge is 2.85. The molecular weight excluding hydrogens is 849 g/mol. The van der Waals surface area contributed by atoms with Crippen LogP contribution in [0.5, 0.6) is 17.2 Å². The zero-order valence-corrected chi connectivity index (χ0v) is 39.7. The van der Waals surface area contributed by atoms with Crippen LogP contribution < -0.4 is 14.2 Å². The molecule has 6 fully saturated rings. The molecular formula is C50H62N4O12. The number of methoxy groups -OCH3 is 1. The third-order valence-corrected chi connectivity index (χ3v) is 15.1. The minimum absolute atomic E-state index is 0.0274. The average molecular weight is 911 g/mol. The number of aliphatic hydroxyl groups is 2. The van der Waals surface area contributed by atoms with E-state index in [1.54, 1.807) is 37.9 Å². The Balaban J connectivity index is 1.24. The van der Waals surface area contributed by atoms with Gasteiger partial charge in [0.15, 0.2) is 22.8 Å². The first-order valence-electron chi connectivity index (χ1n) is 23.2. The lowest BCUT2D eigenvalue weighted by Crippen LogP contribution is -2.78. The number of allylic oxidation sites excluding steroid dienone is 4. The summed E-state index contributed by atoms with van der Waals surface area (Å²) >= 11 is 0. The summed E-state index contributed by atoms with van der Waals surface area (Å²) in [4.78, 5) is 38.4. The summed E-state index contributed by atoms with van der Waals surface area (Å²) in [5.74, 6) is -1.97. The Morgan fingerprint density at radius 3 is 2.48 bits per heavy atom. The van der Waals surface area contributed by atoms with Gasteiger partial charge in [0.05, 0.1) is 48.1 Å². The van der Waals surface area contributed by atoms with E-state index in [9.17, 15) is 15.0 Å². The van der Waals surface area contributed by atoms with E-state index in [0.717, 1.165) is 12.0 Å². The van der Waals surface area contributed by atoms with Crippen molar-refractivity contribution in [2.45, 2.75) is 166 Å². The van der Waals surface area contributed by atoms with Crippen LogP contribution in [0, 0.1) is 17.8 Å². The maximum atomic E-state index is 15.6. The van der Waals surface area contributed by atoms with E-state index in [-0.39, 0.29) is 36.4 Å². The minimum Gasteiger partial charge on any atom is -0.482 e. The predicted molar refractivity (Wildman–Crippen MR) is 240 cm³/mol. The summed E-state index contributed by atoms with van der Waals surface area (Å²) in [6.07, 6.45) is 7.87. The highest BCUT2D eigenvalue weighted by atomic mass is 16.8. The molecule has 11 rings (SSSR count). The van der Waals surface area contributed by atoms with Crippen molar-refractivity contribution in [3.8, 4) is 17.2 Å². The molecule has 1 aromatic carbocycles. The number of esters is 1. The molecule has 3 saturated carbocycles. The van der Waals surface area contributed by atoms with Gasteiger partial charge >= 0.3 is 5.97 Å². The summed E-state index contributed by atoms with van der Waals surface area (Å²) in [6, 6.07) is -0.588. The van der Waals surface area contributed by atoms with Gasteiger partial charge in [-0.2, -0.15) is 4.98 Å². The fourth-order valence-corrected chi connectivity index (χ4v) is 12.1. The van der Waals surface area contributed by atoms with Crippen molar-refractivity contribution >= 4 is 29.5 Å². The molecule has 1 aromatic heterocycles. The maximum absolute atomic E-state index is 15.6. The van der Waals surface area contributed by atoms with Gasteiger partial charge in [-0.25, -0.2) is 14.5 Å². The van der Waals surface area contributed by atoms with Gasteiger partial charge < -0.3 is 48.1 Å². The second kappa shape index (κ2) is 15.4. The standard InChI is InChI=1S/C50H62N4O12/c1-24(2)13-12-18-48(10)19-17-28-38(64-48)27(15-14-25(3)4)40-32(39(28)62-44-37(56)36(55)41-30(61-44)22-60-47(8,9)63-41)34-33-35(54-23-51-45(52-34)53-54)29-21-31-46(6,7)66-49(42(29)57,50(31,33)65-40)20-16-26(5)43(58)59-11/h13-14,16-17,19,23,29-31,33,35-37,41,44,55-56H,12,15,18,20-22H2,1-11H3/t29?,30-,31?,33?,35?,36-,37-,41-,44+,48?,49?,50?/m1/s1. The van der Waals surface area contributed by atoms with Gasteiger partial charge in [0.25, 0.3) is 5.95 Å². The number of benzene rings is 1. The van der Waals surface area contributed by atoms with E-state index >= 15 is 4.79 Å². The number of rotatable bonds is 10. The number of ketones is 1. The molecule has 16 heteroatoms. The first-order chi connectivity index (χ1) is 31.1. The fourth-order valence-electron chi connectivity index (χ4n) is 12.1. The molecule has 6 aliphatic heterocycles. The summed E-state index contributed by atoms with van der Waals surface area (Å²) < 4.78 is 54.7. The van der Waals surface area contributed by atoms with Gasteiger partial charge in [0.1, 0.15) is 53.6 Å². The molecule has 16 nitrogen and oxygen atoms in total. The maximum Gasteiger partial charge on any atom is 0.333 e. The number of nitrogens with zero attached hydrogens (tertiary/aromatic N) is 4. The second-order valence-electron chi connectivity index (χ2n) is 21.0. The van der Waals surface area contributed by atoms with Crippen LogP contribution in [0.4, 0.5) is 5.95 Å². The molecule has 66 heavy (non-hydrogen) atoms. The van der Waals surface area contributed by atoms with Crippen molar-refractivity contribution in [2.75, 3.05) is 13.7 Å². The number of aliphatic hydroxyl groups excluding tert-OH is 2. The molecule has 12 atom stereocenters. The van der Waals surface area contributed by atoms with E-state index in [2.05, 4.69) is 31.0 Å². The number of ether oxygens (including phenoxy) is 8. The molecule has 0 radical (unpaired) electrons. The Bertz CT molecular complexity index is 2540. The van der Waals surface area contributed by atoms with Crippen LogP contribution in [-0.2, 0) is 39.7 Å². The van der Waals surface area contributed by atoms with Crippen molar-refractivity contribution in [3.63, 3.8) is 0 Å². The Morgan fingerprint density at radius 2 is 1.76 bits per heavy atom. The Hall–Kier alpha value is -4.71. The monoisotopic (exact) mass is 910 g/mol. The van der Waals surface area contributed by atoms with Crippen molar-refractivity contribution < 1.29 is 57.7 Å². The number of carbonyl (C=O) groups excluding carboxylic acids is 2. The van der Waals surface area contributed by atoms with E-state index in [1.807, 2.05) is 46.8 Å². The molecule has 3 aliphatic carbocycles. The topological polar surface area (TPSA) is 192 Å². The molecule has 7 unspecified atom stereocenters. The summed E-state index contributed by atoms with van der Waals surface area (Å²) in [5.41, 5.74) is 0.208. The number of hydrogen-bond donors (Lipinski definition) is 2. The quantitative estimate of drug-likeness (QED) is 0.152. The predicted octanol–water partition coefficient (Wildman–Crippen LogP) is 6.37.